The predicted octanol–water partition coefficient (Wildman–Crippen LogP) is 3.65. The highest BCUT2D eigenvalue weighted by atomic mass is 16.5. The normalized spacial score (nSPS) is 21.1. The van der Waals surface area contributed by atoms with E-state index in [1.807, 2.05) is 72.4 Å². The molecule has 1 atom stereocenters. The van der Waals surface area contributed by atoms with Gasteiger partial charge in [-0.3, -0.25) is 14.6 Å². The summed E-state index contributed by atoms with van der Waals surface area (Å²) < 4.78 is 7.10. The summed E-state index contributed by atoms with van der Waals surface area (Å²) in [6.07, 6.45) is 6.34. The van der Waals surface area contributed by atoms with Crippen LogP contribution >= 0.6 is 0 Å². The van der Waals surface area contributed by atoms with Crippen molar-refractivity contribution in [2.75, 3.05) is 26.7 Å². The number of aromatic nitrogens is 2. The molecule has 1 unspecified atom stereocenters. The van der Waals surface area contributed by atoms with E-state index >= 15 is 0 Å². The lowest BCUT2D eigenvalue weighted by molar-refractivity contribution is -0.133. The third kappa shape index (κ3) is 4.86. The summed E-state index contributed by atoms with van der Waals surface area (Å²) >= 11 is 0. The van der Waals surface area contributed by atoms with Gasteiger partial charge >= 0.3 is 6.03 Å². The van der Waals surface area contributed by atoms with Gasteiger partial charge in [0.2, 0.25) is 0 Å². The largest absolute Gasteiger partial charge is 0.497 e. The Morgan fingerprint density at radius 1 is 1.03 bits per heavy atom. The molecule has 8 nitrogen and oxygen atoms in total. The highest BCUT2D eigenvalue weighted by molar-refractivity contribution is 6.07. The number of amides is 3. The third-order valence-electron chi connectivity index (χ3n) is 7.55. The lowest BCUT2D eigenvalue weighted by Crippen LogP contribution is -2.53. The van der Waals surface area contributed by atoms with Crippen molar-refractivity contribution in [2.45, 2.75) is 38.3 Å². The molecule has 36 heavy (non-hydrogen) atoms. The minimum atomic E-state index is -0.846. The Morgan fingerprint density at radius 3 is 2.44 bits per heavy atom. The van der Waals surface area contributed by atoms with Crippen LogP contribution < -0.4 is 10.1 Å². The number of benzene rings is 2. The van der Waals surface area contributed by atoms with E-state index in [1.54, 1.807) is 7.11 Å². The molecule has 8 heteroatoms. The summed E-state index contributed by atoms with van der Waals surface area (Å²) in [6.45, 7) is 4.85. The van der Waals surface area contributed by atoms with E-state index in [0.717, 1.165) is 49.5 Å². The number of piperidine rings is 1. The minimum absolute atomic E-state index is 0.108. The SMILES string of the molecule is COc1ccc(CCN2C(=O)NC(C)(C3CCN(Cc4cnn(-c5ccccc5)c4)CC3)C2=O)cc1. The number of nitrogens with one attached hydrogen (secondary N) is 1. The molecule has 1 N–H and O–H groups in total. The molecule has 0 spiro atoms. The Bertz CT molecular complexity index is 1200. The minimum Gasteiger partial charge on any atom is -0.497 e. The van der Waals surface area contributed by atoms with Crippen LogP contribution in [0.15, 0.2) is 67.0 Å². The van der Waals surface area contributed by atoms with E-state index in [0.29, 0.717) is 13.0 Å². The van der Waals surface area contributed by atoms with Crippen LogP contribution in [-0.4, -0.2) is 63.8 Å². The zero-order valence-electron chi connectivity index (χ0n) is 20.9. The second-order valence-corrected chi connectivity index (χ2v) is 9.87. The Morgan fingerprint density at radius 2 is 1.75 bits per heavy atom. The second-order valence-electron chi connectivity index (χ2n) is 9.87. The molecule has 2 fully saturated rings. The van der Waals surface area contributed by atoms with Crippen LogP contribution in [0.25, 0.3) is 5.69 Å². The lowest BCUT2D eigenvalue weighted by atomic mass is 9.79. The van der Waals surface area contributed by atoms with Crippen LogP contribution in [0.4, 0.5) is 4.79 Å². The van der Waals surface area contributed by atoms with Crippen LogP contribution in [-0.2, 0) is 17.8 Å². The van der Waals surface area contributed by atoms with Gasteiger partial charge in [-0.15, -0.1) is 0 Å². The molecule has 2 aliphatic rings. The maximum Gasteiger partial charge on any atom is 0.325 e. The van der Waals surface area contributed by atoms with Gasteiger partial charge in [0.05, 0.1) is 19.0 Å². The number of ether oxygens (including phenoxy) is 1. The topological polar surface area (TPSA) is 79.7 Å². The molecule has 3 amide bonds. The zero-order valence-corrected chi connectivity index (χ0v) is 20.9. The number of para-hydroxylation sites is 1. The van der Waals surface area contributed by atoms with Crippen molar-refractivity contribution in [3.63, 3.8) is 0 Å². The fourth-order valence-corrected chi connectivity index (χ4v) is 5.32. The zero-order chi connectivity index (χ0) is 25.1. The van der Waals surface area contributed by atoms with Gasteiger partial charge in [-0.25, -0.2) is 9.48 Å². The van der Waals surface area contributed by atoms with Gasteiger partial charge in [0.1, 0.15) is 11.3 Å². The van der Waals surface area contributed by atoms with E-state index in [-0.39, 0.29) is 17.9 Å². The fourth-order valence-electron chi connectivity index (χ4n) is 5.32. The summed E-state index contributed by atoms with van der Waals surface area (Å²) in [4.78, 5) is 29.9. The first-order valence-corrected chi connectivity index (χ1v) is 12.5. The van der Waals surface area contributed by atoms with Gasteiger partial charge in [-0.2, -0.15) is 5.10 Å². The number of urea groups is 1. The molecule has 0 saturated carbocycles. The average molecular weight is 488 g/mol. The number of likely N-dealkylation sites (tertiary alicyclic amines) is 1. The molecule has 188 valence electrons. The van der Waals surface area contributed by atoms with Crippen LogP contribution in [0.5, 0.6) is 5.75 Å². The molecule has 3 aromatic rings. The molecular weight excluding hydrogens is 454 g/mol. The van der Waals surface area contributed by atoms with E-state index in [1.165, 1.54) is 10.5 Å². The summed E-state index contributed by atoms with van der Waals surface area (Å²) in [7, 11) is 1.63. The molecule has 2 aliphatic heterocycles. The molecule has 0 aliphatic carbocycles. The maximum atomic E-state index is 13.4. The van der Waals surface area contributed by atoms with Crippen LogP contribution in [0.3, 0.4) is 0 Å². The van der Waals surface area contributed by atoms with Gasteiger partial charge in [-0.05, 0) is 75.0 Å². The molecule has 2 aromatic carbocycles. The van der Waals surface area contributed by atoms with Crippen LogP contribution in [0, 0.1) is 5.92 Å². The fraction of sp³-hybridized carbons (Fsp3) is 0.393. The summed E-state index contributed by atoms with van der Waals surface area (Å²) in [6, 6.07) is 17.5. The van der Waals surface area contributed by atoms with E-state index in [2.05, 4.69) is 21.5 Å². The smallest absolute Gasteiger partial charge is 0.325 e. The summed E-state index contributed by atoms with van der Waals surface area (Å²) in [5.74, 6) is 0.796. The average Bonchev–Trinajstić information content (AvgIpc) is 3.46. The van der Waals surface area contributed by atoms with Crippen LogP contribution in [0.2, 0.25) is 0 Å². The standard InChI is InChI=1S/C28H33N5O3/c1-28(26(34)32(27(35)30-28)17-12-21-8-10-25(36-2)11-9-21)23-13-15-31(16-14-23)19-22-18-29-33(20-22)24-6-4-3-5-7-24/h3-11,18,20,23H,12-17,19H2,1-2H3,(H,30,35). The molecule has 0 radical (unpaired) electrons. The number of imide groups is 1. The highest BCUT2D eigenvalue weighted by Gasteiger charge is 2.52. The van der Waals surface area contributed by atoms with Crippen molar-refractivity contribution in [2.24, 2.45) is 5.92 Å². The van der Waals surface area contributed by atoms with Gasteiger partial charge < -0.3 is 10.1 Å². The van der Waals surface area contributed by atoms with E-state index in [4.69, 9.17) is 4.74 Å². The number of hydrogen-bond donors (Lipinski definition) is 1. The van der Waals surface area contributed by atoms with Crippen molar-refractivity contribution < 1.29 is 14.3 Å². The Labute approximate surface area is 211 Å². The van der Waals surface area contributed by atoms with Crippen molar-refractivity contribution in [1.29, 1.82) is 0 Å². The first-order chi connectivity index (χ1) is 17.5. The Balaban J connectivity index is 1.15. The monoisotopic (exact) mass is 487 g/mol. The molecular formula is C28H33N5O3. The lowest BCUT2D eigenvalue weighted by Gasteiger charge is -2.38. The predicted molar refractivity (Wildman–Crippen MR) is 137 cm³/mol. The number of hydrogen-bond acceptors (Lipinski definition) is 5. The molecule has 1 aromatic heterocycles. The molecule has 5 rings (SSSR count). The van der Waals surface area contributed by atoms with Crippen molar-refractivity contribution in [3.05, 3.63) is 78.1 Å². The second kappa shape index (κ2) is 10.1. The van der Waals surface area contributed by atoms with Crippen molar-refractivity contribution in [1.82, 2.24) is 24.9 Å². The van der Waals surface area contributed by atoms with Crippen LogP contribution in [0.1, 0.15) is 30.9 Å². The van der Waals surface area contributed by atoms with E-state index < -0.39 is 5.54 Å². The van der Waals surface area contributed by atoms with Crippen molar-refractivity contribution >= 4 is 11.9 Å². The summed E-state index contributed by atoms with van der Waals surface area (Å²) in [5.41, 5.74) is 2.43. The first kappa shape index (κ1) is 24.1. The van der Waals surface area contributed by atoms with Gasteiger partial charge in [0.25, 0.3) is 5.91 Å². The third-order valence-corrected chi connectivity index (χ3v) is 7.55. The maximum absolute atomic E-state index is 13.4. The molecule has 2 saturated heterocycles. The number of carbonyl (C=O) groups excluding carboxylic acids is 2. The highest BCUT2D eigenvalue weighted by Crippen LogP contribution is 2.34. The number of nitrogens with zero attached hydrogens (tertiary/aromatic N) is 4. The Kier molecular flexibility index (Phi) is 6.78. The van der Waals surface area contributed by atoms with Crippen molar-refractivity contribution in [3.8, 4) is 11.4 Å². The van der Waals surface area contributed by atoms with Gasteiger partial charge in [0, 0.05) is 24.8 Å². The van der Waals surface area contributed by atoms with Gasteiger partial charge in [-0.1, -0.05) is 30.3 Å². The number of carbonyl (C=O) groups is 2. The first-order valence-electron chi connectivity index (χ1n) is 12.5. The number of rotatable bonds is 8. The quantitative estimate of drug-likeness (QED) is 0.491. The molecule has 0 bridgehead atoms. The van der Waals surface area contributed by atoms with Gasteiger partial charge in [0.15, 0.2) is 0 Å². The summed E-state index contributed by atoms with van der Waals surface area (Å²) in [5, 5.41) is 7.53. The number of methoxy groups -OCH3 is 1. The Hall–Kier alpha value is -3.65. The van der Waals surface area contributed by atoms with E-state index in [9.17, 15) is 9.59 Å². The molecule has 3 heterocycles.